The van der Waals surface area contributed by atoms with Crippen LogP contribution in [0.15, 0.2) is 22.7 Å². The van der Waals surface area contributed by atoms with Crippen LogP contribution in [0, 0.1) is 0 Å². The second-order valence-electron chi connectivity index (χ2n) is 4.81. The van der Waals surface area contributed by atoms with Gasteiger partial charge in [-0.1, -0.05) is 11.6 Å². The minimum absolute atomic E-state index is 0.0652. The van der Waals surface area contributed by atoms with E-state index >= 15 is 0 Å². The van der Waals surface area contributed by atoms with Gasteiger partial charge in [0, 0.05) is 22.6 Å². The maximum absolute atomic E-state index is 11.9. The highest BCUT2D eigenvalue weighted by molar-refractivity contribution is 9.10. The molecule has 1 N–H and O–H groups in total. The quantitative estimate of drug-likeness (QED) is 0.798. The molecule has 0 heterocycles. The lowest BCUT2D eigenvalue weighted by atomic mass is 10.2. The van der Waals surface area contributed by atoms with Crippen LogP contribution in [-0.4, -0.2) is 37.0 Å². The Morgan fingerprint density at radius 3 is 2.74 bits per heavy atom. The molecule has 0 unspecified atom stereocenters. The summed E-state index contributed by atoms with van der Waals surface area (Å²) < 4.78 is 0.737. The van der Waals surface area contributed by atoms with Gasteiger partial charge in [0.2, 0.25) is 0 Å². The predicted molar refractivity (Wildman–Crippen MR) is 83.9 cm³/mol. The lowest BCUT2D eigenvalue weighted by Gasteiger charge is -2.20. The van der Waals surface area contributed by atoms with Crippen molar-refractivity contribution in [1.82, 2.24) is 10.2 Å². The van der Waals surface area contributed by atoms with Gasteiger partial charge in [0.1, 0.15) is 0 Å². The standard InChI is InChI=1S/C14H20BrClN2O/c1-10(2)18(3)8-4-7-17-14(19)11-5-6-13(16)12(15)9-11/h5-6,9-10H,4,7-8H2,1-3H3,(H,17,19). The van der Waals surface area contributed by atoms with Gasteiger partial charge in [-0.3, -0.25) is 4.79 Å². The molecule has 0 saturated carbocycles. The second-order valence-corrected chi connectivity index (χ2v) is 6.07. The Morgan fingerprint density at radius 2 is 2.16 bits per heavy atom. The summed E-state index contributed by atoms with van der Waals surface area (Å²) in [5.74, 6) is -0.0652. The number of nitrogens with zero attached hydrogens (tertiary/aromatic N) is 1. The summed E-state index contributed by atoms with van der Waals surface area (Å²) in [7, 11) is 2.09. The SMILES string of the molecule is CC(C)N(C)CCCNC(=O)c1ccc(Cl)c(Br)c1. The number of hydrogen-bond donors (Lipinski definition) is 1. The van der Waals surface area contributed by atoms with Gasteiger partial charge in [0.25, 0.3) is 5.91 Å². The van der Waals surface area contributed by atoms with Crippen molar-refractivity contribution in [2.45, 2.75) is 26.3 Å². The van der Waals surface area contributed by atoms with Gasteiger partial charge in [-0.2, -0.15) is 0 Å². The highest BCUT2D eigenvalue weighted by Gasteiger charge is 2.08. The molecule has 1 amide bonds. The third-order valence-corrected chi connectivity index (χ3v) is 4.25. The van der Waals surface area contributed by atoms with Crippen molar-refractivity contribution in [3.63, 3.8) is 0 Å². The summed E-state index contributed by atoms with van der Waals surface area (Å²) in [6, 6.07) is 5.70. The van der Waals surface area contributed by atoms with E-state index in [0.29, 0.717) is 23.2 Å². The molecule has 0 atom stereocenters. The van der Waals surface area contributed by atoms with E-state index in [4.69, 9.17) is 11.6 Å². The van der Waals surface area contributed by atoms with Crippen molar-refractivity contribution in [3.05, 3.63) is 33.3 Å². The Hall–Kier alpha value is -0.580. The zero-order valence-electron chi connectivity index (χ0n) is 11.5. The van der Waals surface area contributed by atoms with E-state index in [0.717, 1.165) is 17.4 Å². The van der Waals surface area contributed by atoms with Gasteiger partial charge in [-0.25, -0.2) is 0 Å². The Bertz CT molecular complexity index is 437. The molecule has 3 nitrogen and oxygen atoms in total. The fraction of sp³-hybridized carbons (Fsp3) is 0.500. The van der Waals surface area contributed by atoms with Gasteiger partial charge in [-0.15, -0.1) is 0 Å². The molecular weight excluding hydrogens is 328 g/mol. The number of hydrogen-bond acceptors (Lipinski definition) is 2. The Kier molecular flexibility index (Phi) is 6.83. The first-order chi connectivity index (χ1) is 8.91. The number of benzene rings is 1. The average molecular weight is 348 g/mol. The molecule has 0 saturated heterocycles. The fourth-order valence-electron chi connectivity index (χ4n) is 1.53. The molecule has 106 valence electrons. The monoisotopic (exact) mass is 346 g/mol. The number of nitrogens with one attached hydrogen (secondary N) is 1. The average Bonchev–Trinajstić information content (AvgIpc) is 2.37. The maximum atomic E-state index is 11.9. The first-order valence-corrected chi connectivity index (χ1v) is 7.52. The van der Waals surface area contributed by atoms with Crippen LogP contribution in [0.5, 0.6) is 0 Å². The summed E-state index contributed by atoms with van der Waals surface area (Å²) in [5, 5.41) is 3.52. The smallest absolute Gasteiger partial charge is 0.251 e. The van der Waals surface area contributed by atoms with Crippen LogP contribution in [0.3, 0.4) is 0 Å². The maximum Gasteiger partial charge on any atom is 0.251 e. The third-order valence-electron chi connectivity index (χ3n) is 3.04. The van der Waals surface area contributed by atoms with Crippen LogP contribution in [0.1, 0.15) is 30.6 Å². The number of rotatable bonds is 6. The molecule has 0 aliphatic carbocycles. The molecule has 0 aliphatic heterocycles. The fourth-order valence-corrected chi connectivity index (χ4v) is 2.02. The summed E-state index contributed by atoms with van der Waals surface area (Å²) in [4.78, 5) is 14.2. The third kappa shape index (κ3) is 5.51. The normalized spacial score (nSPS) is 11.1. The highest BCUT2D eigenvalue weighted by atomic mass is 79.9. The largest absolute Gasteiger partial charge is 0.352 e. The van der Waals surface area contributed by atoms with Gasteiger partial charge in [0.05, 0.1) is 5.02 Å². The Labute approximate surface area is 128 Å². The molecule has 0 radical (unpaired) electrons. The first kappa shape index (κ1) is 16.5. The van der Waals surface area contributed by atoms with E-state index in [-0.39, 0.29) is 5.91 Å². The molecule has 0 bridgehead atoms. The molecule has 0 aliphatic rings. The lowest BCUT2D eigenvalue weighted by molar-refractivity contribution is 0.0951. The van der Waals surface area contributed by atoms with Crippen LogP contribution in [-0.2, 0) is 0 Å². The molecule has 1 aromatic rings. The molecule has 0 aromatic heterocycles. The van der Waals surface area contributed by atoms with Crippen molar-refractivity contribution in [2.75, 3.05) is 20.1 Å². The number of amides is 1. The van der Waals surface area contributed by atoms with E-state index in [1.54, 1.807) is 18.2 Å². The van der Waals surface area contributed by atoms with Crippen LogP contribution in [0.4, 0.5) is 0 Å². The van der Waals surface area contributed by atoms with Gasteiger partial charge in [-0.05, 0) is 68.0 Å². The minimum Gasteiger partial charge on any atom is -0.352 e. The Morgan fingerprint density at radius 1 is 1.47 bits per heavy atom. The second kappa shape index (κ2) is 7.88. The Balaban J connectivity index is 2.37. The van der Waals surface area contributed by atoms with Gasteiger partial charge >= 0.3 is 0 Å². The van der Waals surface area contributed by atoms with Crippen LogP contribution in [0.25, 0.3) is 0 Å². The van der Waals surface area contributed by atoms with Crippen molar-refractivity contribution in [3.8, 4) is 0 Å². The van der Waals surface area contributed by atoms with Crippen molar-refractivity contribution >= 4 is 33.4 Å². The van der Waals surface area contributed by atoms with Crippen LogP contribution < -0.4 is 5.32 Å². The molecule has 5 heteroatoms. The molecule has 1 aromatic carbocycles. The zero-order valence-corrected chi connectivity index (χ0v) is 13.9. The number of carbonyl (C=O) groups excluding carboxylic acids is 1. The lowest BCUT2D eigenvalue weighted by Crippen LogP contribution is -2.31. The summed E-state index contributed by atoms with van der Waals surface area (Å²) in [6.07, 6.45) is 0.940. The zero-order chi connectivity index (χ0) is 14.4. The van der Waals surface area contributed by atoms with E-state index in [9.17, 15) is 4.79 Å². The molecule has 1 rings (SSSR count). The summed E-state index contributed by atoms with van der Waals surface area (Å²) in [5.41, 5.74) is 0.619. The highest BCUT2D eigenvalue weighted by Crippen LogP contribution is 2.23. The topological polar surface area (TPSA) is 32.3 Å². The van der Waals surface area contributed by atoms with Crippen LogP contribution in [0.2, 0.25) is 5.02 Å². The molecule has 0 spiro atoms. The van der Waals surface area contributed by atoms with E-state index in [2.05, 4.69) is 47.0 Å². The summed E-state index contributed by atoms with van der Waals surface area (Å²) in [6.45, 7) is 5.96. The van der Waals surface area contributed by atoms with Gasteiger partial charge in [0.15, 0.2) is 0 Å². The summed E-state index contributed by atoms with van der Waals surface area (Å²) >= 11 is 9.21. The van der Waals surface area contributed by atoms with Crippen molar-refractivity contribution < 1.29 is 4.79 Å². The molecule has 0 fully saturated rings. The molecule has 19 heavy (non-hydrogen) atoms. The van der Waals surface area contributed by atoms with Crippen LogP contribution >= 0.6 is 27.5 Å². The van der Waals surface area contributed by atoms with Crippen molar-refractivity contribution in [1.29, 1.82) is 0 Å². The number of halogens is 2. The van der Waals surface area contributed by atoms with E-state index < -0.39 is 0 Å². The van der Waals surface area contributed by atoms with E-state index in [1.807, 2.05) is 0 Å². The minimum atomic E-state index is -0.0652. The molecular formula is C14H20BrClN2O. The first-order valence-electron chi connectivity index (χ1n) is 6.35. The van der Waals surface area contributed by atoms with Crippen molar-refractivity contribution in [2.24, 2.45) is 0 Å². The van der Waals surface area contributed by atoms with Gasteiger partial charge < -0.3 is 10.2 Å². The predicted octanol–water partition coefficient (Wildman–Crippen LogP) is 3.56. The number of carbonyl (C=O) groups is 1. The van der Waals surface area contributed by atoms with E-state index in [1.165, 1.54) is 0 Å².